The van der Waals surface area contributed by atoms with Crippen LogP contribution in [0.3, 0.4) is 0 Å². The van der Waals surface area contributed by atoms with E-state index < -0.39 is 0 Å². The first kappa shape index (κ1) is 15.5. The number of carbonyl (C=O) groups is 1. The second kappa shape index (κ2) is 7.78. The maximum Gasteiger partial charge on any atom is 0.234 e. The second-order valence-corrected chi connectivity index (χ2v) is 6.65. The lowest BCUT2D eigenvalue weighted by Crippen LogP contribution is -2.49. The lowest BCUT2D eigenvalue weighted by atomic mass is 10.3. The highest BCUT2D eigenvalue weighted by molar-refractivity contribution is 7.16. The number of rotatable bonds is 6. The molecule has 1 amide bonds. The minimum Gasteiger partial charge on any atom is -0.352 e. The maximum absolute atomic E-state index is 11.6. The van der Waals surface area contributed by atoms with Crippen molar-refractivity contribution >= 4 is 28.8 Å². The van der Waals surface area contributed by atoms with Crippen molar-refractivity contribution in [3.05, 3.63) is 34.0 Å². The van der Waals surface area contributed by atoms with E-state index in [1.54, 1.807) is 17.4 Å². The molecule has 6 heteroatoms. The summed E-state index contributed by atoms with van der Waals surface area (Å²) in [5.41, 5.74) is 0. The SMILES string of the molecule is C=CCNC(=O)CN1CCN(Cc2ccc(Cl)s2)CC1. The van der Waals surface area contributed by atoms with Gasteiger partial charge in [-0.2, -0.15) is 0 Å². The number of piperazine rings is 1. The van der Waals surface area contributed by atoms with Crippen LogP contribution in [-0.4, -0.2) is 55.0 Å². The molecule has 0 aliphatic carbocycles. The predicted molar refractivity (Wildman–Crippen MR) is 84.3 cm³/mol. The number of amides is 1. The van der Waals surface area contributed by atoms with Crippen molar-refractivity contribution in [2.75, 3.05) is 39.3 Å². The molecule has 1 saturated heterocycles. The number of nitrogens with zero attached hydrogens (tertiary/aromatic N) is 2. The van der Waals surface area contributed by atoms with Gasteiger partial charge in [0.05, 0.1) is 10.9 Å². The van der Waals surface area contributed by atoms with Crippen LogP contribution in [0.5, 0.6) is 0 Å². The molecule has 0 bridgehead atoms. The Balaban J connectivity index is 1.69. The number of carbonyl (C=O) groups excluding carboxylic acids is 1. The summed E-state index contributed by atoms with van der Waals surface area (Å²) >= 11 is 7.58. The van der Waals surface area contributed by atoms with E-state index in [0.29, 0.717) is 13.1 Å². The van der Waals surface area contributed by atoms with Crippen molar-refractivity contribution in [3.8, 4) is 0 Å². The first-order chi connectivity index (χ1) is 9.67. The van der Waals surface area contributed by atoms with Crippen LogP contribution in [0.4, 0.5) is 0 Å². The zero-order chi connectivity index (χ0) is 14.4. The van der Waals surface area contributed by atoms with Gasteiger partial charge in [-0.05, 0) is 12.1 Å². The van der Waals surface area contributed by atoms with Crippen molar-refractivity contribution < 1.29 is 4.79 Å². The van der Waals surface area contributed by atoms with E-state index in [2.05, 4.69) is 27.8 Å². The topological polar surface area (TPSA) is 35.6 Å². The Morgan fingerprint density at radius 1 is 1.35 bits per heavy atom. The summed E-state index contributed by atoms with van der Waals surface area (Å²) in [6.45, 7) is 9.40. The standard InChI is InChI=1S/C14H20ClN3OS/c1-2-5-16-14(19)11-18-8-6-17(7-9-18)10-12-3-4-13(15)20-12/h2-4H,1,5-11H2,(H,16,19). The highest BCUT2D eigenvalue weighted by atomic mass is 35.5. The van der Waals surface area contributed by atoms with E-state index in [9.17, 15) is 4.79 Å². The summed E-state index contributed by atoms with van der Waals surface area (Å²) in [6.07, 6.45) is 1.70. The second-order valence-electron chi connectivity index (χ2n) is 4.85. The molecule has 0 radical (unpaired) electrons. The quantitative estimate of drug-likeness (QED) is 0.814. The molecule has 1 aliphatic rings. The number of hydrogen-bond donors (Lipinski definition) is 1. The molecule has 1 fully saturated rings. The maximum atomic E-state index is 11.6. The van der Waals surface area contributed by atoms with Crippen LogP contribution in [0.15, 0.2) is 24.8 Å². The Morgan fingerprint density at radius 3 is 2.65 bits per heavy atom. The third kappa shape index (κ3) is 4.90. The van der Waals surface area contributed by atoms with E-state index in [0.717, 1.165) is 37.1 Å². The molecule has 2 rings (SSSR count). The molecule has 1 aromatic rings. The zero-order valence-corrected chi connectivity index (χ0v) is 13.1. The van der Waals surface area contributed by atoms with Crippen LogP contribution in [0.1, 0.15) is 4.88 Å². The van der Waals surface area contributed by atoms with Crippen LogP contribution in [0, 0.1) is 0 Å². The molecule has 1 aliphatic heterocycles. The Kier molecular flexibility index (Phi) is 6.04. The van der Waals surface area contributed by atoms with Gasteiger partial charge in [-0.15, -0.1) is 17.9 Å². The number of halogens is 1. The molecule has 20 heavy (non-hydrogen) atoms. The van der Waals surface area contributed by atoms with Crippen LogP contribution >= 0.6 is 22.9 Å². The lowest BCUT2D eigenvalue weighted by molar-refractivity contribution is -0.122. The summed E-state index contributed by atoms with van der Waals surface area (Å²) in [4.78, 5) is 17.5. The summed E-state index contributed by atoms with van der Waals surface area (Å²) in [5.74, 6) is 0.0726. The Hall–Kier alpha value is -0.880. The van der Waals surface area contributed by atoms with Gasteiger partial charge in [-0.3, -0.25) is 14.6 Å². The minimum absolute atomic E-state index is 0.0726. The molecular formula is C14H20ClN3OS. The van der Waals surface area contributed by atoms with E-state index in [4.69, 9.17) is 11.6 Å². The average Bonchev–Trinajstić information content (AvgIpc) is 2.84. The van der Waals surface area contributed by atoms with Gasteiger partial charge in [0.15, 0.2) is 0 Å². The van der Waals surface area contributed by atoms with Crippen molar-refractivity contribution in [2.45, 2.75) is 6.54 Å². The summed E-state index contributed by atoms with van der Waals surface area (Å²) in [6, 6.07) is 4.03. The van der Waals surface area contributed by atoms with Gasteiger partial charge < -0.3 is 5.32 Å². The van der Waals surface area contributed by atoms with Crippen LogP contribution < -0.4 is 5.32 Å². The molecule has 4 nitrogen and oxygen atoms in total. The fourth-order valence-corrected chi connectivity index (χ4v) is 3.34. The predicted octanol–water partition coefficient (Wildman–Crippen LogP) is 1.82. The summed E-state index contributed by atoms with van der Waals surface area (Å²) in [5, 5.41) is 2.81. The zero-order valence-electron chi connectivity index (χ0n) is 11.5. The number of nitrogens with one attached hydrogen (secondary N) is 1. The molecule has 0 aromatic carbocycles. The molecule has 110 valence electrons. The molecule has 0 saturated carbocycles. The monoisotopic (exact) mass is 313 g/mol. The highest BCUT2D eigenvalue weighted by Crippen LogP contribution is 2.23. The molecule has 1 aromatic heterocycles. The van der Waals surface area contributed by atoms with Gasteiger partial charge in [0.25, 0.3) is 0 Å². The Bertz CT molecular complexity index is 455. The van der Waals surface area contributed by atoms with Gasteiger partial charge in [-0.25, -0.2) is 0 Å². The normalized spacial score (nSPS) is 17.1. The van der Waals surface area contributed by atoms with Gasteiger partial charge >= 0.3 is 0 Å². The molecule has 2 heterocycles. The van der Waals surface area contributed by atoms with Crippen molar-refractivity contribution in [1.82, 2.24) is 15.1 Å². The number of thiophene rings is 1. The first-order valence-corrected chi connectivity index (χ1v) is 7.93. The van der Waals surface area contributed by atoms with Gasteiger partial charge in [0.2, 0.25) is 5.91 Å². The van der Waals surface area contributed by atoms with Gasteiger partial charge in [0, 0.05) is 44.1 Å². The lowest BCUT2D eigenvalue weighted by Gasteiger charge is -2.33. The molecule has 1 N–H and O–H groups in total. The van der Waals surface area contributed by atoms with Gasteiger partial charge in [-0.1, -0.05) is 17.7 Å². The van der Waals surface area contributed by atoms with Crippen molar-refractivity contribution in [3.63, 3.8) is 0 Å². The first-order valence-electron chi connectivity index (χ1n) is 6.74. The molecule has 0 unspecified atom stereocenters. The van der Waals surface area contributed by atoms with Gasteiger partial charge in [0.1, 0.15) is 0 Å². The fourth-order valence-electron chi connectivity index (χ4n) is 2.21. The van der Waals surface area contributed by atoms with E-state index in [1.807, 2.05) is 6.07 Å². The average molecular weight is 314 g/mol. The fraction of sp³-hybridized carbons (Fsp3) is 0.500. The van der Waals surface area contributed by atoms with Crippen LogP contribution in [0.25, 0.3) is 0 Å². The molecule has 0 spiro atoms. The summed E-state index contributed by atoms with van der Waals surface area (Å²) in [7, 11) is 0. The van der Waals surface area contributed by atoms with E-state index in [-0.39, 0.29) is 5.91 Å². The highest BCUT2D eigenvalue weighted by Gasteiger charge is 2.19. The van der Waals surface area contributed by atoms with E-state index >= 15 is 0 Å². The van der Waals surface area contributed by atoms with E-state index in [1.165, 1.54) is 4.88 Å². The smallest absolute Gasteiger partial charge is 0.234 e. The molecule has 0 atom stereocenters. The Labute approximate surface area is 129 Å². The van der Waals surface area contributed by atoms with Crippen LogP contribution in [-0.2, 0) is 11.3 Å². The number of hydrogen-bond acceptors (Lipinski definition) is 4. The molecular weight excluding hydrogens is 294 g/mol. The minimum atomic E-state index is 0.0726. The van der Waals surface area contributed by atoms with Crippen molar-refractivity contribution in [1.29, 1.82) is 0 Å². The van der Waals surface area contributed by atoms with Crippen LogP contribution in [0.2, 0.25) is 4.34 Å². The summed E-state index contributed by atoms with van der Waals surface area (Å²) < 4.78 is 0.845. The third-order valence-corrected chi connectivity index (χ3v) is 4.50. The Morgan fingerprint density at radius 2 is 2.05 bits per heavy atom. The third-order valence-electron chi connectivity index (χ3n) is 3.28. The largest absolute Gasteiger partial charge is 0.352 e. The van der Waals surface area contributed by atoms with Crippen molar-refractivity contribution in [2.24, 2.45) is 0 Å².